The van der Waals surface area contributed by atoms with Crippen LogP contribution in [0.15, 0.2) is 52.0 Å². The minimum absolute atomic E-state index is 0.0863. The number of hydrogen-bond acceptors (Lipinski definition) is 9. The third-order valence-corrected chi connectivity index (χ3v) is 9.09. The van der Waals surface area contributed by atoms with Gasteiger partial charge in [0.2, 0.25) is 0 Å². The molecule has 0 aliphatic carbocycles. The summed E-state index contributed by atoms with van der Waals surface area (Å²) in [4.78, 5) is 47.4. The molecule has 43 heavy (non-hydrogen) atoms. The first-order valence-corrected chi connectivity index (χ1v) is 15.0. The van der Waals surface area contributed by atoms with Gasteiger partial charge in [0.15, 0.2) is 0 Å². The molecule has 5 heterocycles. The summed E-state index contributed by atoms with van der Waals surface area (Å²) in [5, 5.41) is 22.2. The Balaban J connectivity index is 1.09. The Morgan fingerprint density at radius 3 is 2.51 bits per heavy atom. The number of fused-ring (bicyclic) bond motifs is 3. The Morgan fingerprint density at radius 1 is 1.05 bits per heavy atom. The molecule has 0 amide bonds. The van der Waals surface area contributed by atoms with Gasteiger partial charge in [0.05, 0.1) is 34.7 Å². The first-order valence-electron chi connectivity index (χ1n) is 14.2. The number of nitrogens with one attached hydrogen (secondary N) is 1. The van der Waals surface area contributed by atoms with E-state index < -0.39 is 11.9 Å². The van der Waals surface area contributed by atoms with Gasteiger partial charge in [-0.25, -0.2) is 14.6 Å². The number of piperazine rings is 1. The fourth-order valence-electron chi connectivity index (χ4n) is 6.51. The van der Waals surface area contributed by atoms with E-state index in [-0.39, 0.29) is 28.8 Å². The summed E-state index contributed by atoms with van der Waals surface area (Å²) in [7, 11) is 1.70. The highest BCUT2D eigenvalue weighted by atomic mass is 79.9. The number of ether oxygens (including phenoxy) is 1. The summed E-state index contributed by atoms with van der Waals surface area (Å²) in [6.45, 7) is 6.04. The first-order chi connectivity index (χ1) is 20.6. The number of pyridine rings is 2. The Bertz CT molecular complexity index is 1630. The van der Waals surface area contributed by atoms with Gasteiger partial charge in [-0.3, -0.25) is 9.69 Å². The summed E-state index contributed by atoms with van der Waals surface area (Å²) in [5.41, 5.74) is 1.51. The molecule has 3 aromatic rings. The summed E-state index contributed by atoms with van der Waals surface area (Å²) in [6, 6.07) is 9.16. The Kier molecular flexibility index (Phi) is 7.77. The number of carbonyl (C=O) groups is 2. The zero-order valence-corrected chi connectivity index (χ0v) is 25.5. The average molecular weight is 654 g/mol. The molecule has 0 radical (unpaired) electrons. The lowest BCUT2D eigenvalue weighted by Crippen LogP contribution is -2.59. The molecule has 2 fully saturated rings. The fraction of sp³-hybridized carbons (Fsp3) is 0.400. The van der Waals surface area contributed by atoms with Gasteiger partial charge in [-0.2, -0.15) is 0 Å². The summed E-state index contributed by atoms with van der Waals surface area (Å²) in [6.07, 6.45) is 5.36. The Labute approximate surface area is 256 Å². The van der Waals surface area contributed by atoms with Crippen LogP contribution < -0.4 is 25.4 Å². The molecular weight excluding hydrogens is 620 g/mol. The van der Waals surface area contributed by atoms with Crippen molar-refractivity contribution < 1.29 is 24.5 Å². The second kappa shape index (κ2) is 11.5. The standard InChI is InChI=1S/C30H33BrN6O6/c1-17-14-35(7-8-36(17)20-3-4-27(32-13-20)33-24-9-18(31)15-34(2)28(24)38)19-5-6-37-21(10-19)16-43-26-12-23(30(41)42)22(29(39)40)11-25(26)37/h3-4,9,11-13,15,17,19,21H,5-8,10,14,16H2,1-2H3,(H,32,33)(H,39,40)(H,41,42)/t17-,19-,21+/m0/s1. The average Bonchev–Trinajstić information content (AvgIpc) is 2.99. The lowest BCUT2D eigenvalue weighted by atomic mass is 9.92. The molecule has 0 bridgehead atoms. The quantitative estimate of drug-likeness (QED) is 0.360. The second-order valence-electron chi connectivity index (χ2n) is 11.4. The normalized spacial score (nSPS) is 21.9. The van der Waals surface area contributed by atoms with Crippen molar-refractivity contribution in [1.82, 2.24) is 14.5 Å². The number of anilines is 4. The van der Waals surface area contributed by atoms with Crippen molar-refractivity contribution in [3.05, 3.63) is 68.7 Å². The number of aryl methyl sites for hydroxylation is 1. The molecule has 3 aliphatic heterocycles. The van der Waals surface area contributed by atoms with E-state index in [0.717, 1.165) is 49.2 Å². The minimum atomic E-state index is -1.28. The minimum Gasteiger partial charge on any atom is -0.489 e. The van der Waals surface area contributed by atoms with Gasteiger partial charge in [0.25, 0.3) is 5.56 Å². The van der Waals surface area contributed by atoms with E-state index in [1.54, 1.807) is 19.3 Å². The topological polar surface area (TPSA) is 140 Å². The lowest BCUT2D eigenvalue weighted by Gasteiger charge is -2.50. The molecule has 12 nitrogen and oxygen atoms in total. The van der Waals surface area contributed by atoms with Crippen molar-refractivity contribution in [3.8, 4) is 5.75 Å². The van der Waals surface area contributed by atoms with Crippen molar-refractivity contribution in [3.63, 3.8) is 0 Å². The van der Waals surface area contributed by atoms with Gasteiger partial charge in [-0.05, 0) is 66.0 Å². The monoisotopic (exact) mass is 652 g/mol. The Morgan fingerprint density at radius 2 is 1.81 bits per heavy atom. The predicted octanol–water partition coefficient (Wildman–Crippen LogP) is 3.62. The van der Waals surface area contributed by atoms with Crippen LogP contribution in [0, 0.1) is 0 Å². The molecule has 1 aromatic carbocycles. The molecule has 6 rings (SSSR count). The number of aromatic carboxylic acids is 2. The molecule has 2 saturated heterocycles. The van der Waals surface area contributed by atoms with Gasteiger partial charge in [-0.1, -0.05) is 0 Å². The number of halogens is 1. The van der Waals surface area contributed by atoms with E-state index in [1.807, 2.05) is 18.3 Å². The summed E-state index contributed by atoms with van der Waals surface area (Å²) in [5.74, 6) is -1.52. The number of nitrogens with zero attached hydrogens (tertiary/aromatic N) is 5. The van der Waals surface area contributed by atoms with Crippen LogP contribution in [-0.2, 0) is 7.05 Å². The van der Waals surface area contributed by atoms with Gasteiger partial charge in [-0.15, -0.1) is 0 Å². The van der Waals surface area contributed by atoms with Gasteiger partial charge < -0.3 is 34.6 Å². The third-order valence-electron chi connectivity index (χ3n) is 8.66. The molecule has 3 aliphatic rings. The number of benzene rings is 1. The van der Waals surface area contributed by atoms with E-state index in [2.05, 4.69) is 47.9 Å². The number of piperidine rings is 1. The lowest BCUT2D eigenvalue weighted by molar-refractivity contribution is 0.0650. The Hall–Kier alpha value is -4.10. The number of carboxylic acid groups (broad SMARTS) is 2. The molecule has 0 saturated carbocycles. The largest absolute Gasteiger partial charge is 0.489 e. The van der Waals surface area contributed by atoms with Crippen LogP contribution in [0.3, 0.4) is 0 Å². The molecule has 0 spiro atoms. The van der Waals surface area contributed by atoms with Gasteiger partial charge in [0.1, 0.15) is 23.9 Å². The molecule has 13 heteroatoms. The van der Waals surface area contributed by atoms with Crippen molar-refractivity contribution in [2.45, 2.75) is 37.9 Å². The first kappa shape index (κ1) is 29.0. The van der Waals surface area contributed by atoms with Crippen LogP contribution in [-0.4, -0.2) is 87.5 Å². The predicted molar refractivity (Wildman–Crippen MR) is 165 cm³/mol. The molecule has 3 N–H and O–H groups in total. The number of aromatic nitrogens is 2. The summed E-state index contributed by atoms with van der Waals surface area (Å²) < 4.78 is 8.27. The van der Waals surface area contributed by atoms with Crippen molar-refractivity contribution >= 4 is 50.7 Å². The molecule has 2 aromatic heterocycles. The van der Waals surface area contributed by atoms with Crippen LogP contribution in [0.4, 0.5) is 22.9 Å². The maximum Gasteiger partial charge on any atom is 0.336 e. The smallest absolute Gasteiger partial charge is 0.336 e. The van der Waals surface area contributed by atoms with Crippen LogP contribution in [0.5, 0.6) is 5.75 Å². The van der Waals surface area contributed by atoms with Crippen LogP contribution in [0.2, 0.25) is 0 Å². The number of carboxylic acids is 2. The van der Waals surface area contributed by atoms with Crippen LogP contribution in [0.25, 0.3) is 0 Å². The summed E-state index contributed by atoms with van der Waals surface area (Å²) >= 11 is 3.42. The highest BCUT2D eigenvalue weighted by Crippen LogP contribution is 2.40. The number of rotatable bonds is 6. The molecule has 0 unspecified atom stereocenters. The van der Waals surface area contributed by atoms with E-state index in [9.17, 15) is 24.6 Å². The maximum absolute atomic E-state index is 12.4. The van der Waals surface area contributed by atoms with Gasteiger partial charge >= 0.3 is 11.9 Å². The zero-order chi connectivity index (χ0) is 30.4. The van der Waals surface area contributed by atoms with Crippen molar-refractivity contribution in [2.24, 2.45) is 7.05 Å². The molecule has 3 atom stereocenters. The van der Waals surface area contributed by atoms with Crippen molar-refractivity contribution in [2.75, 3.05) is 47.9 Å². The highest BCUT2D eigenvalue weighted by molar-refractivity contribution is 9.10. The van der Waals surface area contributed by atoms with E-state index in [1.165, 1.54) is 16.7 Å². The second-order valence-corrected chi connectivity index (χ2v) is 12.3. The molecular formula is C30H33BrN6O6. The fourth-order valence-corrected chi connectivity index (χ4v) is 7.05. The SMILES string of the molecule is C[C@H]1CN([C@H]2CCN3c4cc(C(=O)O)c(C(=O)O)cc4OC[C@H]3C2)CCN1c1ccc(Nc2cc(Br)cn(C)c2=O)nc1. The van der Waals surface area contributed by atoms with Crippen LogP contribution >= 0.6 is 15.9 Å². The van der Waals surface area contributed by atoms with Crippen molar-refractivity contribution in [1.29, 1.82) is 0 Å². The highest BCUT2D eigenvalue weighted by Gasteiger charge is 2.39. The van der Waals surface area contributed by atoms with Gasteiger partial charge in [0, 0.05) is 56.0 Å². The van der Waals surface area contributed by atoms with E-state index in [0.29, 0.717) is 35.6 Å². The van der Waals surface area contributed by atoms with E-state index >= 15 is 0 Å². The number of hydrogen-bond donors (Lipinski definition) is 3. The molecule has 226 valence electrons. The zero-order valence-electron chi connectivity index (χ0n) is 23.9. The van der Waals surface area contributed by atoms with E-state index in [4.69, 9.17) is 4.74 Å². The van der Waals surface area contributed by atoms with Crippen LogP contribution in [0.1, 0.15) is 40.5 Å². The third kappa shape index (κ3) is 5.66. The maximum atomic E-state index is 12.4.